The molecule has 0 saturated heterocycles. The van der Waals surface area contributed by atoms with E-state index in [0.29, 0.717) is 0 Å². The number of rotatable bonds is 3. The summed E-state index contributed by atoms with van der Waals surface area (Å²) in [5.41, 5.74) is 9.46. The summed E-state index contributed by atoms with van der Waals surface area (Å²) in [5.74, 6) is 0.970. The van der Waals surface area contributed by atoms with Crippen LogP contribution in [0.3, 0.4) is 0 Å². The predicted molar refractivity (Wildman–Crippen MR) is 79.5 cm³/mol. The monoisotopic (exact) mass is 269 g/mol. The van der Waals surface area contributed by atoms with Crippen molar-refractivity contribution < 1.29 is 0 Å². The number of benzene rings is 1. The minimum Gasteiger partial charge on any atom is -0.326 e. The molecule has 3 rings (SSSR count). The van der Waals surface area contributed by atoms with E-state index in [9.17, 15) is 0 Å². The molecule has 2 unspecified atom stereocenters. The molecular weight excluding hydrogens is 250 g/mol. The molecule has 5 heteroatoms. The summed E-state index contributed by atoms with van der Waals surface area (Å²) >= 11 is 0. The standard InChI is InChI=1S/C15H19N5/c1-10(16)15(12-8-17-19(3)9-12)20-11(2)18-13-6-4-5-7-14(13)20/h4-10,15H,16H2,1-3H3. The second-order valence-corrected chi connectivity index (χ2v) is 5.27. The highest BCUT2D eigenvalue weighted by molar-refractivity contribution is 5.76. The molecular formula is C15H19N5. The van der Waals surface area contributed by atoms with Gasteiger partial charge in [0.25, 0.3) is 0 Å². The molecule has 2 atom stereocenters. The summed E-state index contributed by atoms with van der Waals surface area (Å²) in [7, 11) is 1.92. The molecule has 20 heavy (non-hydrogen) atoms. The van der Waals surface area contributed by atoms with Crippen molar-refractivity contribution in [1.82, 2.24) is 19.3 Å². The third kappa shape index (κ3) is 2.00. The maximum atomic E-state index is 6.24. The van der Waals surface area contributed by atoms with Crippen molar-refractivity contribution in [2.24, 2.45) is 12.8 Å². The Kier molecular flexibility index (Phi) is 3.06. The van der Waals surface area contributed by atoms with Crippen LogP contribution in [0.2, 0.25) is 0 Å². The lowest BCUT2D eigenvalue weighted by atomic mass is 10.0. The van der Waals surface area contributed by atoms with Crippen molar-refractivity contribution in [1.29, 1.82) is 0 Å². The molecule has 0 aliphatic rings. The van der Waals surface area contributed by atoms with Crippen LogP contribution in [0.15, 0.2) is 36.7 Å². The van der Waals surface area contributed by atoms with Gasteiger partial charge in [-0.25, -0.2) is 4.98 Å². The summed E-state index contributed by atoms with van der Waals surface area (Å²) in [6.07, 6.45) is 3.89. The summed E-state index contributed by atoms with van der Waals surface area (Å²) in [6.45, 7) is 4.04. The number of fused-ring (bicyclic) bond motifs is 1. The van der Waals surface area contributed by atoms with Gasteiger partial charge in [-0.05, 0) is 26.0 Å². The number of para-hydroxylation sites is 2. The summed E-state index contributed by atoms with van der Waals surface area (Å²) in [4.78, 5) is 4.63. The Morgan fingerprint density at radius 3 is 2.65 bits per heavy atom. The number of nitrogens with two attached hydrogens (primary N) is 1. The fourth-order valence-corrected chi connectivity index (χ4v) is 2.80. The van der Waals surface area contributed by atoms with Crippen LogP contribution in [-0.2, 0) is 7.05 Å². The van der Waals surface area contributed by atoms with Crippen molar-refractivity contribution in [2.45, 2.75) is 25.9 Å². The molecule has 104 valence electrons. The van der Waals surface area contributed by atoms with E-state index in [-0.39, 0.29) is 12.1 Å². The molecule has 0 aliphatic heterocycles. The normalized spacial score (nSPS) is 14.6. The lowest BCUT2D eigenvalue weighted by molar-refractivity contribution is 0.497. The lowest BCUT2D eigenvalue weighted by Gasteiger charge is -2.23. The van der Waals surface area contributed by atoms with E-state index in [1.807, 2.05) is 51.5 Å². The Morgan fingerprint density at radius 2 is 2.00 bits per heavy atom. The molecule has 0 spiro atoms. The van der Waals surface area contributed by atoms with Gasteiger partial charge in [0.1, 0.15) is 5.82 Å². The van der Waals surface area contributed by atoms with Crippen LogP contribution >= 0.6 is 0 Å². The minimum absolute atomic E-state index is 0.0319. The average Bonchev–Trinajstić information content (AvgIpc) is 2.95. The van der Waals surface area contributed by atoms with Crippen molar-refractivity contribution in [2.75, 3.05) is 0 Å². The second-order valence-electron chi connectivity index (χ2n) is 5.27. The Bertz CT molecular complexity index is 738. The van der Waals surface area contributed by atoms with Crippen molar-refractivity contribution >= 4 is 11.0 Å². The summed E-state index contributed by atoms with van der Waals surface area (Å²) in [6, 6.07) is 8.15. The molecule has 0 fully saturated rings. The first-order valence-corrected chi connectivity index (χ1v) is 6.75. The number of nitrogens with zero attached hydrogens (tertiary/aromatic N) is 4. The highest BCUT2D eigenvalue weighted by Crippen LogP contribution is 2.27. The van der Waals surface area contributed by atoms with Crippen molar-refractivity contribution in [3.63, 3.8) is 0 Å². The quantitative estimate of drug-likeness (QED) is 0.791. The molecule has 0 bridgehead atoms. The number of aryl methyl sites for hydroxylation is 2. The van der Waals surface area contributed by atoms with Gasteiger partial charge in [-0.2, -0.15) is 5.10 Å². The van der Waals surface area contributed by atoms with E-state index in [4.69, 9.17) is 5.73 Å². The smallest absolute Gasteiger partial charge is 0.107 e. The summed E-state index contributed by atoms with van der Waals surface area (Å²) in [5, 5.41) is 4.27. The molecule has 5 nitrogen and oxygen atoms in total. The predicted octanol–water partition coefficient (Wildman–Crippen LogP) is 2.01. The van der Waals surface area contributed by atoms with Crippen LogP contribution in [0.5, 0.6) is 0 Å². The molecule has 2 N–H and O–H groups in total. The third-order valence-electron chi connectivity index (χ3n) is 3.61. The molecule has 0 amide bonds. The van der Waals surface area contributed by atoms with Gasteiger partial charge in [0.15, 0.2) is 0 Å². The van der Waals surface area contributed by atoms with Crippen molar-refractivity contribution in [3.8, 4) is 0 Å². The van der Waals surface area contributed by atoms with Gasteiger partial charge in [0, 0.05) is 24.8 Å². The zero-order chi connectivity index (χ0) is 14.3. The van der Waals surface area contributed by atoms with Crippen LogP contribution < -0.4 is 5.73 Å². The maximum Gasteiger partial charge on any atom is 0.107 e. The molecule has 0 aliphatic carbocycles. The fourth-order valence-electron chi connectivity index (χ4n) is 2.80. The van der Waals surface area contributed by atoms with E-state index in [1.165, 1.54) is 0 Å². The SMILES string of the molecule is Cc1nc2ccccc2n1C(c1cnn(C)c1)C(C)N. The average molecular weight is 269 g/mol. The Hall–Kier alpha value is -2.14. The zero-order valence-electron chi connectivity index (χ0n) is 12.0. The topological polar surface area (TPSA) is 61.7 Å². The van der Waals surface area contributed by atoms with Crippen molar-refractivity contribution in [3.05, 3.63) is 48.0 Å². The van der Waals surface area contributed by atoms with Crippen LogP contribution in [0.1, 0.15) is 24.4 Å². The Morgan fingerprint density at radius 1 is 1.25 bits per heavy atom. The van der Waals surface area contributed by atoms with Gasteiger partial charge >= 0.3 is 0 Å². The van der Waals surface area contributed by atoms with Crippen LogP contribution in [0, 0.1) is 6.92 Å². The highest BCUT2D eigenvalue weighted by atomic mass is 15.2. The number of hydrogen-bond acceptors (Lipinski definition) is 3. The van der Waals surface area contributed by atoms with Gasteiger partial charge in [0.05, 0.1) is 23.3 Å². The van der Waals surface area contributed by atoms with Gasteiger partial charge in [-0.15, -0.1) is 0 Å². The van der Waals surface area contributed by atoms with E-state index in [0.717, 1.165) is 22.4 Å². The van der Waals surface area contributed by atoms with E-state index < -0.39 is 0 Å². The van der Waals surface area contributed by atoms with E-state index >= 15 is 0 Å². The fraction of sp³-hybridized carbons (Fsp3) is 0.333. The maximum absolute atomic E-state index is 6.24. The molecule has 1 aromatic carbocycles. The molecule has 0 saturated carbocycles. The number of imidazole rings is 1. The Labute approximate surface area is 118 Å². The Balaban J connectivity index is 2.22. The first-order valence-electron chi connectivity index (χ1n) is 6.75. The highest BCUT2D eigenvalue weighted by Gasteiger charge is 2.23. The number of aromatic nitrogens is 4. The minimum atomic E-state index is -0.0319. The molecule has 0 radical (unpaired) electrons. The van der Waals surface area contributed by atoms with Crippen LogP contribution in [0.4, 0.5) is 0 Å². The van der Waals surface area contributed by atoms with Gasteiger partial charge in [-0.3, -0.25) is 4.68 Å². The van der Waals surface area contributed by atoms with Crippen LogP contribution in [-0.4, -0.2) is 25.4 Å². The van der Waals surface area contributed by atoms with Gasteiger partial charge in [-0.1, -0.05) is 12.1 Å². The van der Waals surface area contributed by atoms with Gasteiger partial charge < -0.3 is 10.3 Å². The lowest BCUT2D eigenvalue weighted by Crippen LogP contribution is -2.30. The molecule has 2 aromatic heterocycles. The van der Waals surface area contributed by atoms with E-state index in [1.54, 1.807) is 4.68 Å². The van der Waals surface area contributed by atoms with E-state index in [2.05, 4.69) is 20.7 Å². The zero-order valence-corrected chi connectivity index (χ0v) is 12.0. The second kappa shape index (κ2) is 4.76. The van der Waals surface area contributed by atoms with Gasteiger partial charge in [0.2, 0.25) is 0 Å². The largest absolute Gasteiger partial charge is 0.326 e. The third-order valence-corrected chi connectivity index (χ3v) is 3.61. The summed E-state index contributed by atoms with van der Waals surface area (Å²) < 4.78 is 4.01. The first kappa shape index (κ1) is 12.9. The number of hydrogen-bond donors (Lipinski definition) is 1. The first-order chi connectivity index (χ1) is 9.58. The van der Waals surface area contributed by atoms with Crippen LogP contribution in [0.25, 0.3) is 11.0 Å². The molecule has 3 aromatic rings. The molecule has 2 heterocycles.